The summed E-state index contributed by atoms with van der Waals surface area (Å²) in [4.78, 5) is 11.4. The molecule has 3 nitrogen and oxygen atoms in total. The second-order valence-corrected chi connectivity index (χ2v) is 5.84. The number of esters is 1. The van der Waals surface area contributed by atoms with Crippen molar-refractivity contribution in [2.75, 3.05) is 12.4 Å². The van der Waals surface area contributed by atoms with E-state index in [1.54, 1.807) is 12.1 Å². The van der Waals surface area contributed by atoms with Crippen molar-refractivity contribution < 1.29 is 9.53 Å². The molecule has 2 rings (SSSR count). The van der Waals surface area contributed by atoms with Crippen LogP contribution in [-0.4, -0.2) is 13.1 Å². The van der Waals surface area contributed by atoms with Gasteiger partial charge in [-0.05, 0) is 45.8 Å². The highest BCUT2D eigenvalue weighted by Gasteiger charge is 2.08. The molecule has 0 aromatic heterocycles. The molecule has 0 aliphatic carbocycles. The highest BCUT2D eigenvalue weighted by atomic mass is 79.9. The molecule has 5 heteroatoms. The summed E-state index contributed by atoms with van der Waals surface area (Å²) in [6, 6.07) is 13.4. The lowest BCUT2D eigenvalue weighted by Crippen LogP contribution is -2.04. The molecule has 2 aromatic rings. The second-order valence-electron chi connectivity index (χ2n) is 4.13. The molecule has 0 aliphatic heterocycles. The van der Waals surface area contributed by atoms with Crippen molar-refractivity contribution in [1.82, 2.24) is 0 Å². The Morgan fingerprint density at radius 3 is 2.55 bits per heavy atom. The number of hydrogen-bond donors (Lipinski definition) is 1. The first-order chi connectivity index (χ1) is 9.61. The molecule has 0 atom stereocenters. The summed E-state index contributed by atoms with van der Waals surface area (Å²) in [6.07, 6.45) is 0. The molecule has 0 fully saturated rings. The van der Waals surface area contributed by atoms with Gasteiger partial charge in [0.1, 0.15) is 0 Å². The van der Waals surface area contributed by atoms with Gasteiger partial charge < -0.3 is 10.1 Å². The maximum atomic E-state index is 11.4. The van der Waals surface area contributed by atoms with E-state index in [0.29, 0.717) is 12.1 Å². The Morgan fingerprint density at radius 1 is 1.15 bits per heavy atom. The van der Waals surface area contributed by atoms with Crippen molar-refractivity contribution >= 4 is 43.5 Å². The number of para-hydroxylation sites is 1. The van der Waals surface area contributed by atoms with Crippen LogP contribution in [0.5, 0.6) is 0 Å². The van der Waals surface area contributed by atoms with Gasteiger partial charge in [0, 0.05) is 21.2 Å². The SMILES string of the molecule is COC(=O)c1ccc(CNc2ccccc2Br)c(Br)c1. The first kappa shape index (κ1) is 15.1. The van der Waals surface area contributed by atoms with Gasteiger partial charge in [0.2, 0.25) is 0 Å². The van der Waals surface area contributed by atoms with Gasteiger partial charge in [-0.25, -0.2) is 4.79 Å². The largest absolute Gasteiger partial charge is 0.465 e. The van der Waals surface area contributed by atoms with Crippen molar-refractivity contribution in [2.45, 2.75) is 6.54 Å². The summed E-state index contributed by atoms with van der Waals surface area (Å²) in [6.45, 7) is 0.657. The first-order valence-electron chi connectivity index (χ1n) is 5.97. The van der Waals surface area contributed by atoms with E-state index in [1.807, 2.05) is 30.3 Å². The lowest BCUT2D eigenvalue weighted by atomic mass is 10.1. The summed E-state index contributed by atoms with van der Waals surface area (Å²) in [5.74, 6) is -0.337. The van der Waals surface area contributed by atoms with Crippen molar-refractivity contribution in [3.8, 4) is 0 Å². The number of hydrogen-bond acceptors (Lipinski definition) is 3. The van der Waals surface area contributed by atoms with Gasteiger partial charge in [-0.15, -0.1) is 0 Å². The van der Waals surface area contributed by atoms with Crippen LogP contribution in [0.2, 0.25) is 0 Å². The van der Waals surface area contributed by atoms with E-state index >= 15 is 0 Å². The molecule has 0 unspecified atom stereocenters. The predicted molar refractivity (Wildman–Crippen MR) is 87.0 cm³/mol. The summed E-state index contributed by atoms with van der Waals surface area (Å²) in [5, 5.41) is 3.34. The van der Waals surface area contributed by atoms with E-state index in [-0.39, 0.29) is 5.97 Å². The Hall–Kier alpha value is -1.33. The van der Waals surface area contributed by atoms with Gasteiger partial charge in [-0.2, -0.15) is 0 Å². The van der Waals surface area contributed by atoms with Crippen LogP contribution in [0.3, 0.4) is 0 Å². The van der Waals surface area contributed by atoms with Gasteiger partial charge in [0.15, 0.2) is 0 Å². The molecule has 0 spiro atoms. The third-order valence-electron chi connectivity index (χ3n) is 2.82. The minimum absolute atomic E-state index is 0.337. The van der Waals surface area contributed by atoms with Gasteiger partial charge in [0.05, 0.1) is 12.7 Å². The van der Waals surface area contributed by atoms with Crippen LogP contribution in [0.15, 0.2) is 51.4 Å². The number of anilines is 1. The maximum Gasteiger partial charge on any atom is 0.337 e. The predicted octanol–water partition coefficient (Wildman–Crippen LogP) is 4.61. The number of methoxy groups -OCH3 is 1. The Bertz CT molecular complexity index is 629. The fourth-order valence-electron chi connectivity index (χ4n) is 1.73. The molecule has 0 saturated heterocycles. The van der Waals surface area contributed by atoms with Crippen LogP contribution in [-0.2, 0) is 11.3 Å². The lowest BCUT2D eigenvalue weighted by molar-refractivity contribution is 0.0600. The second kappa shape index (κ2) is 6.90. The molecule has 0 amide bonds. The van der Waals surface area contributed by atoms with Crippen molar-refractivity contribution in [2.24, 2.45) is 0 Å². The highest BCUT2D eigenvalue weighted by Crippen LogP contribution is 2.24. The van der Waals surface area contributed by atoms with Gasteiger partial charge >= 0.3 is 5.97 Å². The third-order valence-corrected chi connectivity index (χ3v) is 4.25. The maximum absolute atomic E-state index is 11.4. The summed E-state index contributed by atoms with van der Waals surface area (Å²) >= 11 is 6.97. The zero-order valence-electron chi connectivity index (χ0n) is 10.8. The molecule has 0 radical (unpaired) electrons. The topological polar surface area (TPSA) is 38.3 Å². The normalized spacial score (nSPS) is 10.2. The van der Waals surface area contributed by atoms with Crippen LogP contribution < -0.4 is 5.32 Å². The standard InChI is InChI=1S/C15H13Br2NO2/c1-20-15(19)10-6-7-11(13(17)8-10)9-18-14-5-3-2-4-12(14)16/h2-8,18H,9H2,1H3. The fraction of sp³-hybridized carbons (Fsp3) is 0.133. The Morgan fingerprint density at radius 2 is 1.90 bits per heavy atom. The average molecular weight is 399 g/mol. The molecule has 0 bridgehead atoms. The van der Waals surface area contributed by atoms with Crippen molar-refractivity contribution in [1.29, 1.82) is 0 Å². The molecule has 1 N–H and O–H groups in total. The smallest absolute Gasteiger partial charge is 0.337 e. The molecular formula is C15H13Br2NO2. The lowest BCUT2D eigenvalue weighted by Gasteiger charge is -2.10. The number of benzene rings is 2. The first-order valence-corrected chi connectivity index (χ1v) is 7.55. The Labute approximate surface area is 134 Å². The van der Waals surface area contributed by atoms with E-state index in [1.165, 1.54) is 7.11 Å². The Kier molecular flexibility index (Phi) is 5.20. The van der Waals surface area contributed by atoms with E-state index in [4.69, 9.17) is 4.74 Å². The van der Waals surface area contributed by atoms with Crippen molar-refractivity contribution in [3.05, 3.63) is 62.5 Å². The van der Waals surface area contributed by atoms with Gasteiger partial charge in [-0.1, -0.05) is 34.1 Å². The molecule has 104 valence electrons. The summed E-state index contributed by atoms with van der Waals surface area (Å²) in [7, 11) is 1.37. The third kappa shape index (κ3) is 3.61. The number of nitrogens with one attached hydrogen (secondary N) is 1. The summed E-state index contributed by atoms with van der Waals surface area (Å²) < 4.78 is 6.59. The number of rotatable bonds is 4. The van der Waals surface area contributed by atoms with Gasteiger partial charge in [-0.3, -0.25) is 0 Å². The van der Waals surface area contributed by atoms with Crippen LogP contribution in [0, 0.1) is 0 Å². The van der Waals surface area contributed by atoms with E-state index in [9.17, 15) is 4.79 Å². The number of carbonyl (C=O) groups excluding carboxylic acids is 1. The molecular weight excluding hydrogens is 386 g/mol. The number of carbonyl (C=O) groups is 1. The zero-order chi connectivity index (χ0) is 14.5. The van der Waals surface area contributed by atoms with Gasteiger partial charge in [0.25, 0.3) is 0 Å². The molecule has 0 heterocycles. The molecule has 0 saturated carbocycles. The van der Waals surface area contributed by atoms with Crippen LogP contribution in [0.4, 0.5) is 5.69 Å². The van der Waals surface area contributed by atoms with E-state index in [2.05, 4.69) is 37.2 Å². The minimum Gasteiger partial charge on any atom is -0.465 e. The monoisotopic (exact) mass is 397 g/mol. The number of ether oxygens (including phenoxy) is 1. The van der Waals surface area contributed by atoms with Crippen LogP contribution in [0.25, 0.3) is 0 Å². The molecule has 2 aromatic carbocycles. The van der Waals surface area contributed by atoms with Crippen LogP contribution in [0.1, 0.15) is 15.9 Å². The fourth-order valence-corrected chi connectivity index (χ4v) is 2.67. The summed E-state index contributed by atoms with van der Waals surface area (Å²) in [5.41, 5.74) is 2.62. The minimum atomic E-state index is -0.337. The molecule has 20 heavy (non-hydrogen) atoms. The zero-order valence-corrected chi connectivity index (χ0v) is 14.0. The highest BCUT2D eigenvalue weighted by molar-refractivity contribution is 9.11. The Balaban J connectivity index is 2.11. The van der Waals surface area contributed by atoms with Crippen molar-refractivity contribution in [3.63, 3.8) is 0 Å². The van der Waals surface area contributed by atoms with Crippen LogP contribution >= 0.6 is 31.9 Å². The van der Waals surface area contributed by atoms with E-state index in [0.717, 1.165) is 20.2 Å². The number of halogens is 2. The average Bonchev–Trinajstić information content (AvgIpc) is 2.46. The quantitative estimate of drug-likeness (QED) is 0.764. The molecule has 0 aliphatic rings. The van der Waals surface area contributed by atoms with E-state index < -0.39 is 0 Å².